The van der Waals surface area contributed by atoms with Crippen molar-refractivity contribution in [3.63, 3.8) is 0 Å². The lowest BCUT2D eigenvalue weighted by molar-refractivity contribution is -0.143. The number of sulfone groups is 1. The minimum atomic E-state index is -3.50. The highest BCUT2D eigenvalue weighted by atomic mass is 32.2. The van der Waals surface area contributed by atoms with Gasteiger partial charge in [0, 0.05) is 6.26 Å². The SMILES string of the molecule is CC(C)C(NC(=O)C(C)S(C)(=O)=O)C(=O)O. The summed E-state index contributed by atoms with van der Waals surface area (Å²) in [4.78, 5) is 22.2. The Bertz CT molecular complexity index is 373. The molecule has 0 radical (unpaired) electrons. The minimum Gasteiger partial charge on any atom is -0.480 e. The van der Waals surface area contributed by atoms with E-state index >= 15 is 0 Å². The van der Waals surface area contributed by atoms with Crippen molar-refractivity contribution in [1.82, 2.24) is 5.32 Å². The Labute approximate surface area is 95.0 Å². The molecule has 0 aromatic rings. The van der Waals surface area contributed by atoms with Gasteiger partial charge in [-0.25, -0.2) is 13.2 Å². The summed E-state index contributed by atoms with van der Waals surface area (Å²) in [5, 5.41) is 9.78. The smallest absolute Gasteiger partial charge is 0.326 e. The average Bonchev–Trinajstić information content (AvgIpc) is 2.09. The zero-order valence-electron chi connectivity index (χ0n) is 9.72. The van der Waals surface area contributed by atoms with E-state index in [0.29, 0.717) is 0 Å². The van der Waals surface area contributed by atoms with E-state index in [2.05, 4.69) is 5.32 Å². The molecule has 2 N–H and O–H groups in total. The summed E-state index contributed by atoms with van der Waals surface area (Å²) in [6, 6.07) is -1.07. The van der Waals surface area contributed by atoms with Gasteiger partial charge in [0.25, 0.3) is 0 Å². The van der Waals surface area contributed by atoms with E-state index in [-0.39, 0.29) is 5.92 Å². The normalized spacial score (nSPS) is 15.6. The van der Waals surface area contributed by atoms with Crippen molar-refractivity contribution in [2.45, 2.75) is 32.1 Å². The largest absolute Gasteiger partial charge is 0.480 e. The molecule has 0 fully saturated rings. The first kappa shape index (κ1) is 14.9. The third kappa shape index (κ3) is 4.18. The van der Waals surface area contributed by atoms with E-state index in [1.165, 1.54) is 6.92 Å². The summed E-state index contributed by atoms with van der Waals surface area (Å²) < 4.78 is 22.2. The second-order valence-electron chi connectivity index (χ2n) is 4.04. The highest BCUT2D eigenvalue weighted by Crippen LogP contribution is 2.04. The fourth-order valence-electron chi connectivity index (χ4n) is 0.979. The van der Waals surface area contributed by atoms with Crippen LogP contribution in [0.25, 0.3) is 0 Å². The van der Waals surface area contributed by atoms with Gasteiger partial charge in [0.1, 0.15) is 11.3 Å². The van der Waals surface area contributed by atoms with Gasteiger partial charge >= 0.3 is 5.97 Å². The molecule has 0 aliphatic heterocycles. The number of hydrogen-bond donors (Lipinski definition) is 2. The molecule has 0 aromatic carbocycles. The van der Waals surface area contributed by atoms with Gasteiger partial charge in [0.2, 0.25) is 5.91 Å². The summed E-state index contributed by atoms with van der Waals surface area (Å²) in [6.45, 7) is 4.48. The van der Waals surface area contributed by atoms with Crippen molar-refractivity contribution in [2.75, 3.05) is 6.26 Å². The van der Waals surface area contributed by atoms with Crippen LogP contribution in [0.15, 0.2) is 0 Å². The molecule has 16 heavy (non-hydrogen) atoms. The van der Waals surface area contributed by atoms with E-state index in [1.807, 2.05) is 0 Å². The molecule has 6 nitrogen and oxygen atoms in total. The molecule has 0 aromatic heterocycles. The van der Waals surface area contributed by atoms with Crippen molar-refractivity contribution in [3.8, 4) is 0 Å². The third-order valence-electron chi connectivity index (χ3n) is 2.24. The summed E-state index contributed by atoms with van der Waals surface area (Å²) in [5.41, 5.74) is 0. The van der Waals surface area contributed by atoms with Gasteiger partial charge in [0.15, 0.2) is 9.84 Å². The predicted molar refractivity (Wildman–Crippen MR) is 58.7 cm³/mol. The first-order chi connectivity index (χ1) is 7.07. The van der Waals surface area contributed by atoms with Crippen molar-refractivity contribution in [1.29, 1.82) is 0 Å². The molecule has 0 spiro atoms. The summed E-state index contributed by atoms with van der Waals surface area (Å²) >= 11 is 0. The van der Waals surface area contributed by atoms with Crippen LogP contribution < -0.4 is 5.32 Å². The molecule has 94 valence electrons. The quantitative estimate of drug-likeness (QED) is 0.695. The van der Waals surface area contributed by atoms with E-state index in [4.69, 9.17) is 5.11 Å². The molecular weight excluding hydrogens is 234 g/mol. The number of nitrogens with one attached hydrogen (secondary N) is 1. The van der Waals surface area contributed by atoms with Crippen molar-refractivity contribution in [2.24, 2.45) is 5.92 Å². The van der Waals surface area contributed by atoms with Crippen molar-refractivity contribution in [3.05, 3.63) is 0 Å². The molecule has 0 saturated carbocycles. The van der Waals surface area contributed by atoms with Gasteiger partial charge in [-0.1, -0.05) is 13.8 Å². The Balaban J connectivity index is 4.73. The maximum Gasteiger partial charge on any atom is 0.326 e. The van der Waals surface area contributed by atoms with Crippen LogP contribution >= 0.6 is 0 Å². The van der Waals surface area contributed by atoms with E-state index in [9.17, 15) is 18.0 Å². The fourth-order valence-corrected chi connectivity index (χ4v) is 1.44. The molecule has 0 saturated heterocycles. The fraction of sp³-hybridized carbons (Fsp3) is 0.778. The Hall–Kier alpha value is -1.11. The van der Waals surface area contributed by atoms with Crippen LogP contribution in [0.5, 0.6) is 0 Å². The maximum atomic E-state index is 11.5. The molecule has 7 heteroatoms. The van der Waals surface area contributed by atoms with Crippen molar-refractivity contribution < 1.29 is 23.1 Å². The second-order valence-corrected chi connectivity index (χ2v) is 6.41. The number of hydrogen-bond acceptors (Lipinski definition) is 4. The number of rotatable bonds is 5. The molecule has 0 aliphatic rings. The summed E-state index contributed by atoms with van der Waals surface area (Å²) in [5.74, 6) is -2.28. The molecule has 0 rings (SSSR count). The van der Waals surface area contributed by atoms with E-state index in [1.54, 1.807) is 13.8 Å². The highest BCUT2D eigenvalue weighted by Gasteiger charge is 2.29. The van der Waals surface area contributed by atoms with Crippen LogP contribution in [-0.2, 0) is 19.4 Å². The molecule has 2 unspecified atom stereocenters. The zero-order chi connectivity index (χ0) is 13.1. The Morgan fingerprint density at radius 1 is 1.19 bits per heavy atom. The number of aliphatic carboxylic acids is 1. The Morgan fingerprint density at radius 3 is 1.88 bits per heavy atom. The number of carboxylic acids is 1. The lowest BCUT2D eigenvalue weighted by Crippen LogP contribution is -2.49. The molecule has 1 amide bonds. The van der Waals surface area contributed by atoms with Crippen LogP contribution in [-0.4, -0.2) is 42.9 Å². The second kappa shape index (κ2) is 5.29. The highest BCUT2D eigenvalue weighted by molar-refractivity contribution is 7.92. The lowest BCUT2D eigenvalue weighted by atomic mass is 10.0. The van der Waals surface area contributed by atoms with Crippen LogP contribution in [0.3, 0.4) is 0 Å². The topological polar surface area (TPSA) is 101 Å². The number of carbonyl (C=O) groups excluding carboxylic acids is 1. The summed E-state index contributed by atoms with van der Waals surface area (Å²) in [6.07, 6.45) is 0.933. The standard InChI is InChI=1S/C9H17NO5S/c1-5(2)7(9(12)13)10-8(11)6(3)16(4,14)15/h5-7H,1-4H3,(H,10,11)(H,12,13). The lowest BCUT2D eigenvalue weighted by Gasteiger charge is -2.19. The van der Waals surface area contributed by atoms with Crippen LogP contribution in [0, 0.1) is 5.92 Å². The number of amides is 1. The van der Waals surface area contributed by atoms with Crippen LogP contribution in [0.2, 0.25) is 0 Å². The molecule has 2 atom stereocenters. The van der Waals surface area contributed by atoms with Gasteiger partial charge < -0.3 is 10.4 Å². The maximum absolute atomic E-state index is 11.5. The third-order valence-corrected chi connectivity index (χ3v) is 3.74. The first-order valence-corrected chi connectivity index (χ1v) is 6.75. The zero-order valence-corrected chi connectivity index (χ0v) is 10.5. The Kier molecular flexibility index (Phi) is 4.92. The molecule has 0 aliphatic carbocycles. The number of carboxylic acid groups (broad SMARTS) is 1. The predicted octanol–water partition coefficient (Wildman–Crippen LogP) is -0.355. The number of carbonyl (C=O) groups is 2. The van der Waals surface area contributed by atoms with Crippen LogP contribution in [0.1, 0.15) is 20.8 Å². The molecular formula is C9H17NO5S. The average molecular weight is 251 g/mol. The van der Waals surface area contributed by atoms with Crippen LogP contribution in [0.4, 0.5) is 0 Å². The summed E-state index contributed by atoms with van der Waals surface area (Å²) in [7, 11) is -3.50. The van der Waals surface area contributed by atoms with Gasteiger partial charge in [-0.3, -0.25) is 4.79 Å². The molecule has 0 heterocycles. The first-order valence-electron chi connectivity index (χ1n) is 4.79. The monoisotopic (exact) mass is 251 g/mol. The van der Waals surface area contributed by atoms with Gasteiger partial charge in [-0.05, 0) is 12.8 Å². The van der Waals surface area contributed by atoms with Crippen molar-refractivity contribution >= 4 is 21.7 Å². The Morgan fingerprint density at radius 2 is 1.62 bits per heavy atom. The van der Waals surface area contributed by atoms with Gasteiger partial charge in [-0.15, -0.1) is 0 Å². The molecule has 0 bridgehead atoms. The minimum absolute atomic E-state index is 0.312. The van der Waals surface area contributed by atoms with E-state index < -0.39 is 33.0 Å². The van der Waals surface area contributed by atoms with E-state index in [0.717, 1.165) is 6.26 Å². The van der Waals surface area contributed by atoms with Gasteiger partial charge in [0.05, 0.1) is 0 Å². The van der Waals surface area contributed by atoms with Gasteiger partial charge in [-0.2, -0.15) is 0 Å².